The molecule has 1 rings (SSSR count). The summed E-state index contributed by atoms with van der Waals surface area (Å²) in [5.74, 6) is 1.49. The Morgan fingerprint density at radius 3 is 2.69 bits per heavy atom. The second-order valence-corrected chi connectivity index (χ2v) is 5.54. The van der Waals surface area contributed by atoms with Crippen LogP contribution in [0, 0.1) is 11.8 Å². The second-order valence-electron chi connectivity index (χ2n) is 4.36. The molecule has 0 N–H and O–H groups in total. The van der Waals surface area contributed by atoms with Gasteiger partial charge in [0.1, 0.15) is 0 Å². The van der Waals surface area contributed by atoms with E-state index in [2.05, 4.69) is 36.7 Å². The first-order valence-electron chi connectivity index (χ1n) is 5.40. The minimum Gasteiger partial charge on any atom is -0.378 e. The average Bonchev–Trinajstić information content (AvgIpc) is 2.17. The molecular weight excluding hydrogens is 228 g/mol. The smallest absolute Gasteiger partial charge is 0.0601 e. The van der Waals surface area contributed by atoms with Crippen LogP contribution in [0.2, 0.25) is 0 Å². The molecule has 3 atom stereocenters. The van der Waals surface area contributed by atoms with Gasteiger partial charge in [0.2, 0.25) is 0 Å². The van der Waals surface area contributed by atoms with Gasteiger partial charge in [0.15, 0.2) is 0 Å². The number of hydrogen-bond donors (Lipinski definition) is 0. The molecule has 1 aliphatic heterocycles. The van der Waals surface area contributed by atoms with Crippen molar-refractivity contribution in [1.82, 2.24) is 0 Å². The van der Waals surface area contributed by atoms with Gasteiger partial charge >= 0.3 is 0 Å². The average molecular weight is 249 g/mol. The molecule has 0 amide bonds. The van der Waals surface area contributed by atoms with E-state index < -0.39 is 0 Å². The van der Waals surface area contributed by atoms with Crippen molar-refractivity contribution in [3.8, 4) is 0 Å². The Labute approximate surface area is 90.4 Å². The van der Waals surface area contributed by atoms with Gasteiger partial charge in [0.05, 0.1) is 6.10 Å². The van der Waals surface area contributed by atoms with Gasteiger partial charge in [0.25, 0.3) is 0 Å². The lowest BCUT2D eigenvalue weighted by atomic mass is 9.87. The van der Waals surface area contributed by atoms with Gasteiger partial charge in [-0.2, -0.15) is 0 Å². The number of alkyl halides is 1. The van der Waals surface area contributed by atoms with E-state index in [1.54, 1.807) is 0 Å². The molecule has 0 aromatic carbocycles. The first-order valence-corrected chi connectivity index (χ1v) is 6.32. The van der Waals surface area contributed by atoms with Crippen LogP contribution >= 0.6 is 15.9 Å². The van der Waals surface area contributed by atoms with Crippen LogP contribution in [0.15, 0.2) is 0 Å². The van der Waals surface area contributed by atoms with Gasteiger partial charge in [-0.15, -0.1) is 0 Å². The van der Waals surface area contributed by atoms with E-state index in [1.165, 1.54) is 19.3 Å². The summed E-state index contributed by atoms with van der Waals surface area (Å²) in [4.78, 5) is 0.692. The molecule has 0 aliphatic carbocycles. The molecule has 13 heavy (non-hydrogen) atoms. The summed E-state index contributed by atoms with van der Waals surface area (Å²) in [6, 6.07) is 0. The van der Waals surface area contributed by atoms with Gasteiger partial charge in [-0.3, -0.25) is 0 Å². The fourth-order valence-electron chi connectivity index (χ4n) is 1.98. The van der Waals surface area contributed by atoms with Crippen molar-refractivity contribution in [2.45, 2.75) is 51.0 Å². The van der Waals surface area contributed by atoms with E-state index in [0.29, 0.717) is 16.8 Å². The molecule has 1 aliphatic rings. The highest BCUT2D eigenvalue weighted by Gasteiger charge is 2.28. The summed E-state index contributed by atoms with van der Waals surface area (Å²) in [6.07, 6.45) is 4.19. The Hall–Kier alpha value is 0.440. The molecule has 2 heteroatoms. The predicted octanol–water partition coefficient (Wildman–Crippen LogP) is 3.61. The maximum atomic E-state index is 5.74. The van der Waals surface area contributed by atoms with Crippen molar-refractivity contribution < 1.29 is 4.74 Å². The maximum absolute atomic E-state index is 5.74. The Bertz CT molecular complexity index is 147. The zero-order valence-corrected chi connectivity index (χ0v) is 10.5. The van der Waals surface area contributed by atoms with Gasteiger partial charge in [0, 0.05) is 11.4 Å². The molecule has 0 spiro atoms. The van der Waals surface area contributed by atoms with Crippen molar-refractivity contribution >= 4 is 15.9 Å². The third-order valence-electron chi connectivity index (χ3n) is 3.00. The van der Waals surface area contributed by atoms with E-state index in [9.17, 15) is 0 Å². The fraction of sp³-hybridized carbons (Fsp3) is 1.00. The van der Waals surface area contributed by atoms with Crippen molar-refractivity contribution in [3.05, 3.63) is 0 Å². The summed E-state index contributed by atoms with van der Waals surface area (Å²) in [6.45, 7) is 7.71. The highest BCUT2D eigenvalue weighted by molar-refractivity contribution is 9.09. The maximum Gasteiger partial charge on any atom is 0.0601 e. The SMILES string of the molecule is CCC(Br)C1CCOC(C(C)C)C1. The number of ether oxygens (including phenoxy) is 1. The molecule has 78 valence electrons. The minimum atomic E-state index is 0.491. The third kappa shape index (κ3) is 3.25. The molecule has 0 radical (unpaired) electrons. The molecule has 0 saturated carbocycles. The Morgan fingerprint density at radius 2 is 2.15 bits per heavy atom. The van der Waals surface area contributed by atoms with Gasteiger partial charge in [-0.1, -0.05) is 36.7 Å². The van der Waals surface area contributed by atoms with E-state index in [-0.39, 0.29) is 0 Å². The Morgan fingerprint density at radius 1 is 1.46 bits per heavy atom. The van der Waals surface area contributed by atoms with E-state index in [1.807, 2.05) is 0 Å². The predicted molar refractivity (Wildman–Crippen MR) is 60.3 cm³/mol. The van der Waals surface area contributed by atoms with Crippen LogP contribution in [0.5, 0.6) is 0 Å². The van der Waals surface area contributed by atoms with Crippen molar-refractivity contribution in [2.75, 3.05) is 6.61 Å². The Kier molecular flexibility index (Phi) is 4.74. The zero-order chi connectivity index (χ0) is 9.84. The Balaban J connectivity index is 2.41. The molecule has 1 fully saturated rings. The topological polar surface area (TPSA) is 9.23 Å². The normalized spacial score (nSPS) is 32.1. The third-order valence-corrected chi connectivity index (χ3v) is 4.40. The van der Waals surface area contributed by atoms with Gasteiger partial charge in [-0.05, 0) is 31.1 Å². The van der Waals surface area contributed by atoms with Crippen LogP contribution in [0.4, 0.5) is 0 Å². The highest BCUT2D eigenvalue weighted by atomic mass is 79.9. The summed E-state index contributed by atoms with van der Waals surface area (Å²) < 4.78 is 5.74. The first kappa shape index (κ1) is 11.5. The van der Waals surface area contributed by atoms with Gasteiger partial charge < -0.3 is 4.74 Å². The largest absolute Gasteiger partial charge is 0.378 e. The van der Waals surface area contributed by atoms with Crippen molar-refractivity contribution in [1.29, 1.82) is 0 Å². The molecule has 0 aromatic rings. The summed E-state index contributed by atoms with van der Waals surface area (Å²) >= 11 is 3.76. The highest BCUT2D eigenvalue weighted by Crippen LogP contribution is 2.31. The van der Waals surface area contributed by atoms with E-state index >= 15 is 0 Å². The summed E-state index contributed by atoms with van der Waals surface area (Å²) in [5.41, 5.74) is 0. The molecule has 0 bridgehead atoms. The van der Waals surface area contributed by atoms with E-state index in [4.69, 9.17) is 4.74 Å². The second kappa shape index (κ2) is 5.35. The molecule has 1 heterocycles. The standard InChI is InChI=1S/C11H21BrO/c1-4-10(12)9-5-6-13-11(7-9)8(2)3/h8-11H,4-7H2,1-3H3. The molecule has 1 saturated heterocycles. The monoisotopic (exact) mass is 248 g/mol. The van der Waals surface area contributed by atoms with Crippen LogP contribution in [0.3, 0.4) is 0 Å². The summed E-state index contributed by atoms with van der Waals surface area (Å²) in [5, 5.41) is 0. The minimum absolute atomic E-state index is 0.491. The number of rotatable bonds is 3. The van der Waals surface area contributed by atoms with Crippen molar-refractivity contribution in [2.24, 2.45) is 11.8 Å². The van der Waals surface area contributed by atoms with Crippen LogP contribution in [0.1, 0.15) is 40.0 Å². The lowest BCUT2D eigenvalue weighted by Crippen LogP contribution is -2.33. The molecule has 1 nitrogen and oxygen atoms in total. The van der Waals surface area contributed by atoms with Crippen molar-refractivity contribution in [3.63, 3.8) is 0 Å². The van der Waals surface area contributed by atoms with Crippen LogP contribution in [-0.2, 0) is 4.74 Å². The lowest BCUT2D eigenvalue weighted by Gasteiger charge is -2.34. The van der Waals surface area contributed by atoms with Crippen LogP contribution in [0.25, 0.3) is 0 Å². The molecule has 0 aromatic heterocycles. The van der Waals surface area contributed by atoms with Crippen LogP contribution in [-0.4, -0.2) is 17.5 Å². The van der Waals surface area contributed by atoms with Crippen LogP contribution < -0.4 is 0 Å². The number of halogens is 1. The lowest BCUT2D eigenvalue weighted by molar-refractivity contribution is -0.0339. The molecule has 3 unspecified atom stereocenters. The van der Waals surface area contributed by atoms with Gasteiger partial charge in [-0.25, -0.2) is 0 Å². The number of hydrogen-bond acceptors (Lipinski definition) is 1. The first-order chi connectivity index (χ1) is 6.15. The quantitative estimate of drug-likeness (QED) is 0.694. The summed E-state index contributed by atoms with van der Waals surface area (Å²) in [7, 11) is 0. The zero-order valence-electron chi connectivity index (χ0n) is 8.92. The van der Waals surface area contributed by atoms with E-state index in [0.717, 1.165) is 12.5 Å². The molecular formula is C11H21BrO. The fourth-order valence-corrected chi connectivity index (χ4v) is 2.46.